The smallest absolute Gasteiger partial charge is 0.246 e. The predicted molar refractivity (Wildman–Crippen MR) is 88.6 cm³/mol. The minimum Gasteiger partial charge on any atom is -0.497 e. The van der Waals surface area contributed by atoms with Gasteiger partial charge in [-0.05, 0) is 48.7 Å². The van der Waals surface area contributed by atoms with Crippen molar-refractivity contribution in [3.63, 3.8) is 0 Å². The number of methoxy groups -OCH3 is 1. The quantitative estimate of drug-likeness (QED) is 0.942. The van der Waals surface area contributed by atoms with Gasteiger partial charge in [-0.15, -0.1) is 0 Å². The van der Waals surface area contributed by atoms with E-state index < -0.39 is 0 Å². The van der Waals surface area contributed by atoms with E-state index in [1.807, 2.05) is 47.4 Å². The monoisotopic (exact) mass is 296 g/mol. The molecule has 114 valence electrons. The summed E-state index contributed by atoms with van der Waals surface area (Å²) in [6.07, 6.45) is 2.07. The van der Waals surface area contributed by atoms with Crippen LogP contribution in [0.5, 0.6) is 5.75 Å². The van der Waals surface area contributed by atoms with Gasteiger partial charge in [0.25, 0.3) is 0 Å². The van der Waals surface area contributed by atoms with Gasteiger partial charge in [0.1, 0.15) is 5.75 Å². The van der Waals surface area contributed by atoms with E-state index in [9.17, 15) is 4.79 Å². The maximum atomic E-state index is 12.5. The first-order valence-electron chi connectivity index (χ1n) is 7.54. The molecule has 2 aromatic rings. The number of carbonyl (C=O) groups is 1. The van der Waals surface area contributed by atoms with E-state index >= 15 is 0 Å². The summed E-state index contributed by atoms with van der Waals surface area (Å²) in [7, 11) is 1.64. The third kappa shape index (κ3) is 3.06. The first kappa shape index (κ1) is 14.4. The Labute approximate surface area is 130 Å². The van der Waals surface area contributed by atoms with E-state index in [4.69, 9.17) is 4.74 Å². The summed E-state index contributed by atoms with van der Waals surface area (Å²) < 4.78 is 5.13. The van der Waals surface area contributed by atoms with Crippen molar-refractivity contribution in [2.75, 3.05) is 30.4 Å². The minimum atomic E-state index is 0.1000. The highest BCUT2D eigenvalue weighted by Crippen LogP contribution is 2.26. The Morgan fingerprint density at radius 2 is 1.95 bits per heavy atom. The highest BCUT2D eigenvalue weighted by atomic mass is 16.5. The molecule has 1 amide bonds. The zero-order valence-electron chi connectivity index (χ0n) is 12.7. The molecule has 0 saturated heterocycles. The minimum absolute atomic E-state index is 0.1000. The van der Waals surface area contributed by atoms with E-state index in [0.29, 0.717) is 6.54 Å². The number of hydrogen-bond acceptors (Lipinski definition) is 3. The summed E-state index contributed by atoms with van der Waals surface area (Å²) in [5.41, 5.74) is 3.22. The van der Waals surface area contributed by atoms with Gasteiger partial charge < -0.3 is 15.0 Å². The molecule has 0 fully saturated rings. The summed E-state index contributed by atoms with van der Waals surface area (Å²) in [4.78, 5) is 14.4. The normalized spacial score (nSPS) is 13.4. The average molecular weight is 296 g/mol. The van der Waals surface area contributed by atoms with Crippen LogP contribution in [0.1, 0.15) is 12.0 Å². The molecule has 0 aliphatic carbocycles. The number of carbonyl (C=O) groups excluding carboxylic acids is 1. The molecule has 1 aliphatic heterocycles. The van der Waals surface area contributed by atoms with Crippen molar-refractivity contribution in [1.82, 2.24) is 0 Å². The van der Waals surface area contributed by atoms with Crippen LogP contribution < -0.4 is 15.0 Å². The van der Waals surface area contributed by atoms with E-state index in [2.05, 4.69) is 11.4 Å². The number of hydrogen-bond donors (Lipinski definition) is 1. The van der Waals surface area contributed by atoms with Crippen molar-refractivity contribution in [3.05, 3.63) is 54.1 Å². The molecule has 0 unspecified atom stereocenters. The fraction of sp³-hybridized carbons (Fsp3) is 0.278. The lowest BCUT2D eigenvalue weighted by molar-refractivity contribution is -0.117. The molecule has 0 saturated carbocycles. The second-order valence-corrected chi connectivity index (χ2v) is 5.36. The number of nitrogens with zero attached hydrogens (tertiary/aromatic N) is 1. The van der Waals surface area contributed by atoms with E-state index in [1.165, 1.54) is 5.56 Å². The second-order valence-electron chi connectivity index (χ2n) is 5.36. The lowest BCUT2D eigenvalue weighted by Gasteiger charge is -2.29. The number of benzene rings is 2. The van der Waals surface area contributed by atoms with Crippen LogP contribution in [0.15, 0.2) is 48.5 Å². The average Bonchev–Trinajstić information content (AvgIpc) is 2.59. The number of amides is 1. The molecule has 4 nitrogen and oxygen atoms in total. The van der Waals surface area contributed by atoms with Crippen molar-refractivity contribution in [3.8, 4) is 5.75 Å². The fourth-order valence-electron chi connectivity index (χ4n) is 2.77. The largest absolute Gasteiger partial charge is 0.497 e. The molecule has 1 N–H and O–H groups in total. The summed E-state index contributed by atoms with van der Waals surface area (Å²) in [5.74, 6) is 0.907. The molecule has 0 radical (unpaired) electrons. The molecule has 1 aliphatic rings. The van der Waals surface area contributed by atoms with Crippen molar-refractivity contribution in [2.45, 2.75) is 12.8 Å². The number of aryl methyl sites for hydroxylation is 1. The zero-order chi connectivity index (χ0) is 15.4. The summed E-state index contributed by atoms with van der Waals surface area (Å²) in [6.45, 7) is 1.08. The molecule has 0 bridgehead atoms. The van der Waals surface area contributed by atoms with Gasteiger partial charge in [0.15, 0.2) is 0 Å². The third-order valence-electron chi connectivity index (χ3n) is 3.95. The zero-order valence-corrected chi connectivity index (χ0v) is 12.7. The van der Waals surface area contributed by atoms with E-state index in [0.717, 1.165) is 36.5 Å². The van der Waals surface area contributed by atoms with Crippen molar-refractivity contribution < 1.29 is 9.53 Å². The molecule has 2 aromatic carbocycles. The molecule has 0 aromatic heterocycles. The SMILES string of the molecule is COc1ccc(NCC(=O)N2CCCc3ccccc32)cc1. The van der Waals surface area contributed by atoms with Crippen molar-refractivity contribution in [2.24, 2.45) is 0 Å². The number of fused-ring (bicyclic) bond motifs is 1. The van der Waals surface area contributed by atoms with Gasteiger partial charge in [-0.2, -0.15) is 0 Å². The summed E-state index contributed by atoms with van der Waals surface area (Å²) in [6, 6.07) is 15.7. The highest BCUT2D eigenvalue weighted by Gasteiger charge is 2.21. The standard InChI is InChI=1S/C18H20N2O2/c1-22-16-10-8-15(9-11-16)19-13-18(21)20-12-4-6-14-5-2-3-7-17(14)20/h2-3,5,7-11,19H,4,6,12-13H2,1H3. The number of ether oxygens (including phenoxy) is 1. The van der Waals surface area contributed by atoms with Gasteiger partial charge in [0.05, 0.1) is 13.7 Å². The lowest BCUT2D eigenvalue weighted by atomic mass is 10.0. The molecule has 1 heterocycles. The van der Waals surface area contributed by atoms with Crippen LogP contribution in [0, 0.1) is 0 Å². The first-order chi connectivity index (χ1) is 10.8. The molecule has 4 heteroatoms. The molecular weight excluding hydrogens is 276 g/mol. The third-order valence-corrected chi connectivity index (χ3v) is 3.95. The predicted octanol–water partition coefficient (Wildman–Crippen LogP) is 3.09. The van der Waals surface area contributed by atoms with Crippen LogP contribution in [0.2, 0.25) is 0 Å². The van der Waals surface area contributed by atoms with Crippen LogP contribution >= 0.6 is 0 Å². The molecular formula is C18H20N2O2. The van der Waals surface area contributed by atoms with E-state index in [-0.39, 0.29) is 5.91 Å². The first-order valence-corrected chi connectivity index (χ1v) is 7.54. The molecule has 22 heavy (non-hydrogen) atoms. The van der Waals surface area contributed by atoms with Gasteiger partial charge in [-0.1, -0.05) is 18.2 Å². The number of anilines is 2. The summed E-state index contributed by atoms with van der Waals surface area (Å²) in [5, 5.41) is 3.18. The Kier molecular flexibility index (Phi) is 4.28. The van der Waals surface area contributed by atoms with Gasteiger partial charge in [-0.3, -0.25) is 4.79 Å². The topological polar surface area (TPSA) is 41.6 Å². The molecule has 0 spiro atoms. The number of para-hydroxylation sites is 1. The maximum Gasteiger partial charge on any atom is 0.246 e. The van der Waals surface area contributed by atoms with Gasteiger partial charge in [0, 0.05) is 17.9 Å². The number of nitrogens with one attached hydrogen (secondary N) is 1. The van der Waals surface area contributed by atoms with Crippen LogP contribution in [-0.4, -0.2) is 26.1 Å². The van der Waals surface area contributed by atoms with Crippen LogP contribution in [0.3, 0.4) is 0 Å². The van der Waals surface area contributed by atoms with Crippen LogP contribution in [0.25, 0.3) is 0 Å². The number of rotatable bonds is 4. The van der Waals surface area contributed by atoms with Gasteiger partial charge in [-0.25, -0.2) is 0 Å². The second kappa shape index (κ2) is 6.52. The van der Waals surface area contributed by atoms with E-state index in [1.54, 1.807) is 7.11 Å². The molecule has 3 rings (SSSR count). The van der Waals surface area contributed by atoms with Crippen molar-refractivity contribution >= 4 is 17.3 Å². The Morgan fingerprint density at radius 3 is 2.73 bits per heavy atom. The summed E-state index contributed by atoms with van der Waals surface area (Å²) >= 11 is 0. The Hall–Kier alpha value is -2.49. The molecule has 0 atom stereocenters. The van der Waals surface area contributed by atoms with Gasteiger partial charge >= 0.3 is 0 Å². The fourth-order valence-corrected chi connectivity index (χ4v) is 2.77. The van der Waals surface area contributed by atoms with Crippen LogP contribution in [-0.2, 0) is 11.2 Å². The van der Waals surface area contributed by atoms with Crippen molar-refractivity contribution in [1.29, 1.82) is 0 Å². The maximum absolute atomic E-state index is 12.5. The lowest BCUT2D eigenvalue weighted by Crippen LogP contribution is -2.39. The van der Waals surface area contributed by atoms with Gasteiger partial charge in [0.2, 0.25) is 5.91 Å². The Bertz CT molecular complexity index is 652. The Morgan fingerprint density at radius 1 is 1.18 bits per heavy atom. The highest BCUT2D eigenvalue weighted by molar-refractivity contribution is 5.97. The Balaban J connectivity index is 1.65. The van der Waals surface area contributed by atoms with Crippen LogP contribution in [0.4, 0.5) is 11.4 Å².